The number of hydrogen-bond donors (Lipinski definition) is 1. The Morgan fingerprint density at radius 2 is 1.81 bits per heavy atom. The summed E-state index contributed by atoms with van der Waals surface area (Å²) in [6.45, 7) is 2.00. The van der Waals surface area contributed by atoms with Crippen LogP contribution in [0.4, 0.5) is 10.5 Å². The van der Waals surface area contributed by atoms with Gasteiger partial charge >= 0.3 is 12.1 Å². The van der Waals surface area contributed by atoms with Crippen molar-refractivity contribution in [3.8, 4) is 17.0 Å². The Bertz CT molecular complexity index is 888. The van der Waals surface area contributed by atoms with Crippen LogP contribution in [-0.4, -0.2) is 23.8 Å². The van der Waals surface area contributed by atoms with E-state index in [2.05, 4.69) is 10.5 Å². The zero-order valence-corrected chi connectivity index (χ0v) is 14.0. The summed E-state index contributed by atoms with van der Waals surface area (Å²) in [6, 6.07) is 17.2. The first kappa shape index (κ1) is 17.2. The largest absolute Gasteiger partial charge is 0.450 e. The lowest BCUT2D eigenvalue weighted by molar-refractivity contribution is 0.0691. The van der Waals surface area contributed by atoms with Crippen LogP contribution in [-0.2, 0) is 4.74 Å². The normalized spacial score (nSPS) is 10.2. The van der Waals surface area contributed by atoms with E-state index in [0.717, 1.165) is 5.56 Å². The van der Waals surface area contributed by atoms with Gasteiger partial charge in [-0.25, -0.2) is 9.59 Å². The zero-order valence-electron chi connectivity index (χ0n) is 14.0. The summed E-state index contributed by atoms with van der Waals surface area (Å²) < 4.78 is 15.1. The molecule has 0 saturated carbocycles. The van der Waals surface area contributed by atoms with Gasteiger partial charge in [0.05, 0.1) is 6.61 Å². The molecule has 7 nitrogen and oxygen atoms in total. The number of carbonyl (C=O) groups excluding carboxylic acids is 2. The van der Waals surface area contributed by atoms with Gasteiger partial charge in [-0.05, 0) is 31.2 Å². The molecule has 0 bridgehead atoms. The molecule has 2 aromatic carbocycles. The molecule has 0 saturated heterocycles. The van der Waals surface area contributed by atoms with Crippen molar-refractivity contribution in [1.82, 2.24) is 5.16 Å². The maximum absolute atomic E-state index is 12.2. The molecular weight excluding hydrogens is 336 g/mol. The van der Waals surface area contributed by atoms with E-state index in [0.29, 0.717) is 17.1 Å². The molecule has 0 aliphatic heterocycles. The summed E-state index contributed by atoms with van der Waals surface area (Å²) in [7, 11) is 0. The smallest absolute Gasteiger partial charge is 0.411 e. The lowest BCUT2D eigenvalue weighted by Gasteiger charge is -2.06. The molecule has 1 heterocycles. The molecule has 1 N–H and O–H groups in total. The summed E-state index contributed by atoms with van der Waals surface area (Å²) in [6.07, 6.45) is -0.549. The average Bonchev–Trinajstić information content (AvgIpc) is 3.15. The van der Waals surface area contributed by atoms with Crippen molar-refractivity contribution in [3.63, 3.8) is 0 Å². The molecule has 7 heteroatoms. The van der Waals surface area contributed by atoms with Gasteiger partial charge in [-0.1, -0.05) is 35.5 Å². The monoisotopic (exact) mass is 352 g/mol. The molecule has 3 rings (SSSR count). The molecule has 26 heavy (non-hydrogen) atoms. The Morgan fingerprint density at radius 3 is 2.50 bits per heavy atom. The van der Waals surface area contributed by atoms with Crippen LogP contribution in [0.2, 0.25) is 0 Å². The maximum atomic E-state index is 12.2. The van der Waals surface area contributed by atoms with Crippen LogP contribution in [0.25, 0.3) is 11.3 Å². The number of ether oxygens (including phenoxy) is 2. The Balaban J connectivity index is 1.63. The molecular formula is C19H16N2O5. The quantitative estimate of drug-likeness (QED) is 0.548. The van der Waals surface area contributed by atoms with Gasteiger partial charge in [-0.3, -0.25) is 5.32 Å². The highest BCUT2D eigenvalue weighted by atomic mass is 16.6. The number of aromatic nitrogens is 1. The first-order chi connectivity index (χ1) is 12.7. The van der Waals surface area contributed by atoms with E-state index in [4.69, 9.17) is 14.0 Å². The summed E-state index contributed by atoms with van der Waals surface area (Å²) in [4.78, 5) is 23.5. The van der Waals surface area contributed by atoms with Crippen molar-refractivity contribution in [3.05, 3.63) is 66.4 Å². The predicted molar refractivity (Wildman–Crippen MR) is 94.0 cm³/mol. The zero-order chi connectivity index (χ0) is 18.4. The molecule has 0 aliphatic rings. The van der Waals surface area contributed by atoms with Crippen LogP contribution in [0.15, 0.2) is 65.2 Å². The fourth-order valence-corrected chi connectivity index (χ4v) is 2.17. The van der Waals surface area contributed by atoms with Crippen molar-refractivity contribution in [2.45, 2.75) is 6.92 Å². The van der Waals surface area contributed by atoms with Crippen LogP contribution in [0.3, 0.4) is 0 Å². The van der Waals surface area contributed by atoms with Crippen LogP contribution < -0.4 is 10.1 Å². The minimum Gasteiger partial charge on any atom is -0.450 e. The Hall–Kier alpha value is -3.61. The van der Waals surface area contributed by atoms with Gasteiger partial charge in [0.15, 0.2) is 0 Å². The molecule has 0 atom stereocenters. The number of anilines is 1. The van der Waals surface area contributed by atoms with E-state index in [1.165, 1.54) is 6.07 Å². The van der Waals surface area contributed by atoms with E-state index in [1.54, 1.807) is 31.2 Å². The molecule has 3 aromatic rings. The first-order valence-electron chi connectivity index (χ1n) is 7.94. The lowest BCUT2D eigenvalue weighted by atomic mass is 10.1. The second-order valence-corrected chi connectivity index (χ2v) is 5.20. The summed E-state index contributed by atoms with van der Waals surface area (Å²) in [5.74, 6) is -0.356. The summed E-state index contributed by atoms with van der Waals surface area (Å²) in [5.41, 5.74) is 1.91. The molecule has 1 aromatic heterocycles. The fraction of sp³-hybridized carbons (Fsp3) is 0.105. The fourth-order valence-electron chi connectivity index (χ4n) is 2.17. The second-order valence-electron chi connectivity index (χ2n) is 5.20. The number of amides is 1. The van der Waals surface area contributed by atoms with E-state index in [9.17, 15) is 9.59 Å². The van der Waals surface area contributed by atoms with Crippen LogP contribution in [0.1, 0.15) is 17.5 Å². The van der Waals surface area contributed by atoms with Gasteiger partial charge in [0, 0.05) is 17.3 Å². The predicted octanol–water partition coefficient (Wildman–Crippen LogP) is 4.13. The maximum Gasteiger partial charge on any atom is 0.411 e. The Morgan fingerprint density at radius 1 is 1.08 bits per heavy atom. The molecule has 0 radical (unpaired) electrons. The minimum absolute atomic E-state index is 0.00224. The molecule has 0 fully saturated rings. The molecule has 132 valence electrons. The number of carbonyl (C=O) groups is 2. The lowest BCUT2D eigenvalue weighted by Crippen LogP contribution is -2.13. The molecule has 0 aliphatic carbocycles. The van der Waals surface area contributed by atoms with Gasteiger partial charge in [-0.15, -0.1) is 0 Å². The molecule has 1 amide bonds. The van der Waals surface area contributed by atoms with Gasteiger partial charge in [-0.2, -0.15) is 0 Å². The number of benzene rings is 2. The van der Waals surface area contributed by atoms with Gasteiger partial charge < -0.3 is 14.0 Å². The highest BCUT2D eigenvalue weighted by Crippen LogP contribution is 2.21. The van der Waals surface area contributed by atoms with Crippen LogP contribution in [0.5, 0.6) is 5.75 Å². The van der Waals surface area contributed by atoms with E-state index in [-0.39, 0.29) is 12.4 Å². The number of rotatable bonds is 5. The molecule has 0 spiro atoms. The number of nitrogens with zero attached hydrogens (tertiary/aromatic N) is 1. The van der Waals surface area contributed by atoms with E-state index in [1.807, 2.05) is 30.3 Å². The average molecular weight is 352 g/mol. The number of hydrogen-bond acceptors (Lipinski definition) is 6. The van der Waals surface area contributed by atoms with Crippen molar-refractivity contribution in [2.75, 3.05) is 11.9 Å². The van der Waals surface area contributed by atoms with E-state index < -0.39 is 12.1 Å². The van der Waals surface area contributed by atoms with Crippen LogP contribution >= 0.6 is 0 Å². The highest BCUT2D eigenvalue weighted by molar-refractivity contribution is 5.89. The summed E-state index contributed by atoms with van der Waals surface area (Å²) in [5, 5.41) is 6.42. The topological polar surface area (TPSA) is 90.7 Å². The standard InChI is InChI=1S/C19H16N2O5/c1-2-24-19(23)20-14-8-10-15(11-9-14)25-18(22)17-12-16(21-26-17)13-6-4-3-5-7-13/h3-12H,2H2,1H3,(H,20,23). The van der Waals surface area contributed by atoms with E-state index >= 15 is 0 Å². The van der Waals surface area contributed by atoms with Crippen LogP contribution in [0, 0.1) is 0 Å². The van der Waals surface area contributed by atoms with Crippen molar-refractivity contribution < 1.29 is 23.6 Å². The first-order valence-corrected chi connectivity index (χ1v) is 7.94. The highest BCUT2D eigenvalue weighted by Gasteiger charge is 2.16. The van der Waals surface area contributed by atoms with Crippen molar-refractivity contribution in [1.29, 1.82) is 0 Å². The Kier molecular flexibility index (Phi) is 5.28. The molecule has 0 unspecified atom stereocenters. The third-order valence-corrected chi connectivity index (χ3v) is 3.37. The SMILES string of the molecule is CCOC(=O)Nc1ccc(OC(=O)c2cc(-c3ccccc3)no2)cc1. The Labute approximate surface area is 149 Å². The third-order valence-electron chi connectivity index (χ3n) is 3.37. The van der Waals surface area contributed by atoms with Gasteiger partial charge in [0.25, 0.3) is 0 Å². The third kappa shape index (κ3) is 4.27. The number of nitrogens with one attached hydrogen (secondary N) is 1. The second kappa shape index (κ2) is 7.98. The van der Waals surface area contributed by atoms with Gasteiger partial charge in [0.2, 0.25) is 5.76 Å². The van der Waals surface area contributed by atoms with Crippen molar-refractivity contribution in [2.24, 2.45) is 0 Å². The minimum atomic E-state index is -0.661. The summed E-state index contributed by atoms with van der Waals surface area (Å²) >= 11 is 0. The van der Waals surface area contributed by atoms with Gasteiger partial charge in [0.1, 0.15) is 11.4 Å². The number of esters is 1. The van der Waals surface area contributed by atoms with Crippen molar-refractivity contribution >= 4 is 17.7 Å².